The van der Waals surface area contributed by atoms with Crippen LogP contribution in [0, 0.1) is 0 Å². The molecule has 4 N–H and O–H groups in total. The van der Waals surface area contributed by atoms with E-state index in [1.165, 1.54) is 12.8 Å². The smallest absolute Gasteiger partial charge is 0.0386 e. The van der Waals surface area contributed by atoms with Crippen LogP contribution in [0.15, 0.2) is 24.3 Å². The van der Waals surface area contributed by atoms with Crippen LogP contribution in [-0.4, -0.2) is 19.1 Å². The van der Waals surface area contributed by atoms with Crippen LogP contribution in [0.25, 0.3) is 0 Å². The van der Waals surface area contributed by atoms with Crippen molar-refractivity contribution < 1.29 is 0 Å². The van der Waals surface area contributed by atoms with Crippen molar-refractivity contribution in [3.05, 3.63) is 24.3 Å². The predicted octanol–water partition coefficient (Wildman–Crippen LogP) is 1.43. The average Bonchev–Trinajstić information content (AvgIpc) is 2.23. The van der Waals surface area contributed by atoms with E-state index in [2.05, 4.69) is 10.6 Å². The molecule has 2 rings (SSSR count). The summed E-state index contributed by atoms with van der Waals surface area (Å²) < 4.78 is 0. The predicted molar refractivity (Wildman–Crippen MR) is 60.4 cm³/mol. The zero-order chi connectivity index (χ0) is 9.80. The van der Waals surface area contributed by atoms with Crippen LogP contribution < -0.4 is 16.4 Å². The number of hydrogen-bond donors (Lipinski definition) is 3. The first-order valence-electron chi connectivity index (χ1n) is 5.17. The zero-order valence-electron chi connectivity index (χ0n) is 8.29. The van der Waals surface area contributed by atoms with E-state index in [9.17, 15) is 0 Å². The quantitative estimate of drug-likeness (QED) is 0.620. The molecule has 76 valence electrons. The fourth-order valence-electron chi connectivity index (χ4n) is 1.79. The van der Waals surface area contributed by atoms with E-state index >= 15 is 0 Å². The fraction of sp³-hybridized carbons (Fsp3) is 0.455. The highest BCUT2D eigenvalue weighted by Gasteiger charge is 2.11. The molecule has 1 aromatic carbocycles. The molecule has 1 aliphatic heterocycles. The second-order valence-electron chi connectivity index (χ2n) is 3.81. The van der Waals surface area contributed by atoms with E-state index in [-0.39, 0.29) is 0 Å². The third kappa shape index (κ3) is 2.39. The molecule has 14 heavy (non-hydrogen) atoms. The third-order valence-corrected chi connectivity index (χ3v) is 2.58. The van der Waals surface area contributed by atoms with Gasteiger partial charge in [0.2, 0.25) is 0 Å². The van der Waals surface area contributed by atoms with Crippen molar-refractivity contribution in [2.75, 3.05) is 24.1 Å². The summed E-state index contributed by atoms with van der Waals surface area (Å²) in [5, 5.41) is 6.87. The minimum atomic E-state index is 0.562. The summed E-state index contributed by atoms with van der Waals surface area (Å²) in [7, 11) is 0. The Bertz CT molecular complexity index is 275. The van der Waals surface area contributed by atoms with E-state index in [0.29, 0.717) is 6.04 Å². The van der Waals surface area contributed by atoms with Crippen molar-refractivity contribution in [3.8, 4) is 0 Å². The first-order chi connectivity index (χ1) is 6.84. The first-order valence-corrected chi connectivity index (χ1v) is 5.17. The Balaban J connectivity index is 1.92. The van der Waals surface area contributed by atoms with Gasteiger partial charge < -0.3 is 16.4 Å². The lowest BCUT2D eigenvalue weighted by atomic mass is 10.1. The molecule has 0 aromatic heterocycles. The number of nitrogen functional groups attached to an aromatic ring is 1. The summed E-state index contributed by atoms with van der Waals surface area (Å²) in [6, 6.07) is 8.48. The van der Waals surface area contributed by atoms with E-state index in [0.717, 1.165) is 24.5 Å². The van der Waals surface area contributed by atoms with E-state index in [1.807, 2.05) is 24.3 Å². The van der Waals surface area contributed by atoms with E-state index < -0.39 is 0 Å². The molecule has 3 nitrogen and oxygen atoms in total. The molecule has 0 saturated carbocycles. The Hall–Kier alpha value is -1.22. The Morgan fingerprint density at radius 3 is 2.71 bits per heavy atom. The van der Waals surface area contributed by atoms with Crippen LogP contribution >= 0.6 is 0 Å². The number of rotatable bonds is 2. The van der Waals surface area contributed by atoms with Crippen molar-refractivity contribution >= 4 is 11.4 Å². The van der Waals surface area contributed by atoms with Crippen LogP contribution in [0.3, 0.4) is 0 Å². The van der Waals surface area contributed by atoms with Crippen LogP contribution in [-0.2, 0) is 0 Å². The van der Waals surface area contributed by atoms with Gasteiger partial charge in [-0.3, -0.25) is 0 Å². The Labute approximate surface area is 84.7 Å². The lowest BCUT2D eigenvalue weighted by Crippen LogP contribution is -2.38. The minimum Gasteiger partial charge on any atom is -0.399 e. The Morgan fingerprint density at radius 2 is 2.07 bits per heavy atom. The van der Waals surface area contributed by atoms with Gasteiger partial charge >= 0.3 is 0 Å². The maximum atomic E-state index is 5.62. The number of benzene rings is 1. The highest BCUT2D eigenvalue weighted by molar-refractivity contribution is 5.51. The zero-order valence-corrected chi connectivity index (χ0v) is 8.29. The van der Waals surface area contributed by atoms with Gasteiger partial charge in [0.1, 0.15) is 0 Å². The first kappa shape index (κ1) is 9.34. The number of piperidine rings is 1. The van der Waals surface area contributed by atoms with Crippen LogP contribution in [0.2, 0.25) is 0 Å². The van der Waals surface area contributed by atoms with Crippen molar-refractivity contribution in [1.82, 2.24) is 5.32 Å². The van der Waals surface area contributed by atoms with Gasteiger partial charge in [0.05, 0.1) is 0 Å². The van der Waals surface area contributed by atoms with E-state index in [4.69, 9.17) is 5.73 Å². The van der Waals surface area contributed by atoms with Crippen molar-refractivity contribution in [1.29, 1.82) is 0 Å². The fourth-order valence-corrected chi connectivity index (χ4v) is 1.79. The molecule has 1 heterocycles. The maximum absolute atomic E-state index is 5.62. The molecule has 0 aliphatic carbocycles. The largest absolute Gasteiger partial charge is 0.399 e. The molecule has 1 unspecified atom stereocenters. The molecular weight excluding hydrogens is 174 g/mol. The van der Waals surface area contributed by atoms with Gasteiger partial charge in [0.25, 0.3) is 0 Å². The minimum absolute atomic E-state index is 0.562. The molecule has 1 aromatic rings. The lowest BCUT2D eigenvalue weighted by Gasteiger charge is -2.24. The summed E-state index contributed by atoms with van der Waals surface area (Å²) in [6.07, 6.45) is 2.50. The van der Waals surface area contributed by atoms with Gasteiger partial charge in [-0.25, -0.2) is 0 Å². The average molecular weight is 191 g/mol. The molecule has 1 atom stereocenters. The summed E-state index contributed by atoms with van der Waals surface area (Å²) in [5.41, 5.74) is 7.60. The molecule has 1 saturated heterocycles. The standard InChI is InChI=1S/C11H17N3/c12-9-3-5-10(6-4-9)14-11-2-1-7-13-8-11/h3-6,11,13-14H,1-2,7-8,12H2. The highest BCUT2D eigenvalue weighted by Crippen LogP contribution is 2.14. The lowest BCUT2D eigenvalue weighted by molar-refractivity contribution is 0.480. The van der Waals surface area contributed by atoms with Gasteiger partial charge in [-0.15, -0.1) is 0 Å². The molecule has 1 fully saturated rings. The Morgan fingerprint density at radius 1 is 1.29 bits per heavy atom. The molecule has 0 bridgehead atoms. The SMILES string of the molecule is Nc1ccc(NC2CCCNC2)cc1. The molecule has 0 amide bonds. The van der Waals surface area contributed by atoms with Crippen molar-refractivity contribution in [2.24, 2.45) is 0 Å². The summed E-state index contributed by atoms with van der Waals surface area (Å²) in [4.78, 5) is 0. The normalized spacial score (nSPS) is 21.9. The van der Waals surface area contributed by atoms with Gasteiger partial charge in [-0.05, 0) is 43.7 Å². The van der Waals surface area contributed by atoms with Gasteiger partial charge in [-0.1, -0.05) is 0 Å². The topological polar surface area (TPSA) is 50.1 Å². The van der Waals surface area contributed by atoms with Gasteiger partial charge in [0.15, 0.2) is 0 Å². The third-order valence-electron chi connectivity index (χ3n) is 2.58. The number of nitrogens with two attached hydrogens (primary N) is 1. The molecule has 3 heteroatoms. The van der Waals surface area contributed by atoms with Crippen molar-refractivity contribution in [3.63, 3.8) is 0 Å². The van der Waals surface area contributed by atoms with Crippen LogP contribution in [0.1, 0.15) is 12.8 Å². The van der Waals surface area contributed by atoms with Crippen molar-refractivity contribution in [2.45, 2.75) is 18.9 Å². The maximum Gasteiger partial charge on any atom is 0.0386 e. The number of anilines is 2. The molecule has 0 spiro atoms. The van der Waals surface area contributed by atoms with Gasteiger partial charge in [-0.2, -0.15) is 0 Å². The second-order valence-corrected chi connectivity index (χ2v) is 3.81. The van der Waals surface area contributed by atoms with Gasteiger partial charge in [0, 0.05) is 24.0 Å². The van der Waals surface area contributed by atoms with Crippen LogP contribution in [0.5, 0.6) is 0 Å². The number of hydrogen-bond acceptors (Lipinski definition) is 3. The highest BCUT2D eigenvalue weighted by atomic mass is 15.0. The summed E-state index contributed by atoms with van der Waals surface area (Å²) in [5.74, 6) is 0. The monoisotopic (exact) mass is 191 g/mol. The number of nitrogens with one attached hydrogen (secondary N) is 2. The second kappa shape index (κ2) is 4.33. The molecular formula is C11H17N3. The summed E-state index contributed by atoms with van der Waals surface area (Å²) in [6.45, 7) is 2.21. The van der Waals surface area contributed by atoms with Crippen LogP contribution in [0.4, 0.5) is 11.4 Å². The molecule has 1 aliphatic rings. The summed E-state index contributed by atoms with van der Waals surface area (Å²) >= 11 is 0. The Kier molecular flexibility index (Phi) is 2.89. The molecule has 0 radical (unpaired) electrons. The van der Waals surface area contributed by atoms with E-state index in [1.54, 1.807) is 0 Å².